The summed E-state index contributed by atoms with van der Waals surface area (Å²) in [6.07, 6.45) is 0.375. The molecule has 1 fully saturated rings. The Kier molecular flexibility index (Phi) is 3.95. The molecule has 1 aliphatic heterocycles. The molecular weight excluding hydrogens is 328 g/mol. The summed E-state index contributed by atoms with van der Waals surface area (Å²) in [6, 6.07) is 3.22. The number of hydrogen-bond acceptors (Lipinski definition) is 4. The maximum atomic E-state index is 14.0. The third kappa shape index (κ3) is 2.75. The Labute approximate surface area is 132 Å². The Morgan fingerprint density at radius 3 is 2.70 bits per heavy atom. The van der Waals surface area contributed by atoms with Crippen molar-refractivity contribution in [3.05, 3.63) is 47.7 Å². The summed E-state index contributed by atoms with van der Waals surface area (Å²) >= 11 is 0. The Balaban J connectivity index is 2.07. The van der Waals surface area contributed by atoms with Crippen LogP contribution in [0.5, 0.6) is 0 Å². The molecule has 2 heterocycles. The standard InChI is InChI=1S/C14H15F2N3O3S/c1-18-14(4-5-17-18)23(21,22)19-8-10(20)7-13(19)11-6-9(15)2-3-12(11)16/h2-6,10,13,20H,7-8H2,1H3/t10-,13+/m0/s1. The smallest absolute Gasteiger partial charge is 0.260 e. The maximum Gasteiger partial charge on any atom is 0.260 e. The normalized spacial score (nSPS) is 22.6. The van der Waals surface area contributed by atoms with Gasteiger partial charge in [-0.15, -0.1) is 0 Å². The molecule has 1 aliphatic rings. The molecular formula is C14H15F2N3O3S. The van der Waals surface area contributed by atoms with Gasteiger partial charge in [0.15, 0.2) is 5.03 Å². The zero-order valence-corrected chi connectivity index (χ0v) is 13.0. The molecule has 0 aliphatic carbocycles. The van der Waals surface area contributed by atoms with Crippen LogP contribution in [0.25, 0.3) is 0 Å². The molecule has 1 N–H and O–H groups in total. The van der Waals surface area contributed by atoms with Gasteiger partial charge in [0.1, 0.15) is 11.6 Å². The topological polar surface area (TPSA) is 75.4 Å². The lowest BCUT2D eigenvalue weighted by Gasteiger charge is -2.24. The van der Waals surface area contributed by atoms with Gasteiger partial charge in [0, 0.05) is 19.2 Å². The van der Waals surface area contributed by atoms with Crippen LogP contribution in [0.15, 0.2) is 35.5 Å². The second-order valence-corrected chi connectivity index (χ2v) is 7.28. The Bertz CT molecular complexity index is 838. The number of aryl methyl sites for hydroxylation is 1. The van der Waals surface area contributed by atoms with Crippen LogP contribution < -0.4 is 0 Å². The van der Waals surface area contributed by atoms with E-state index in [9.17, 15) is 22.3 Å². The third-order valence-corrected chi connectivity index (χ3v) is 5.85. The molecule has 0 amide bonds. The van der Waals surface area contributed by atoms with Gasteiger partial charge in [-0.2, -0.15) is 9.40 Å². The highest BCUT2D eigenvalue weighted by molar-refractivity contribution is 7.89. The number of aliphatic hydroxyl groups excluding tert-OH is 1. The van der Waals surface area contributed by atoms with E-state index in [0.717, 1.165) is 22.5 Å². The molecule has 0 bridgehead atoms. The summed E-state index contributed by atoms with van der Waals surface area (Å²) in [5.41, 5.74) is -0.0905. The van der Waals surface area contributed by atoms with Gasteiger partial charge < -0.3 is 5.11 Å². The fraction of sp³-hybridized carbons (Fsp3) is 0.357. The molecule has 0 radical (unpaired) electrons. The molecule has 0 spiro atoms. The van der Waals surface area contributed by atoms with E-state index in [1.54, 1.807) is 0 Å². The predicted octanol–water partition coefficient (Wildman–Crippen LogP) is 1.19. The van der Waals surface area contributed by atoms with Gasteiger partial charge in [-0.25, -0.2) is 17.2 Å². The van der Waals surface area contributed by atoms with Crippen molar-refractivity contribution in [2.75, 3.05) is 6.54 Å². The summed E-state index contributed by atoms with van der Waals surface area (Å²) in [7, 11) is -2.53. The van der Waals surface area contributed by atoms with E-state index in [1.807, 2.05) is 0 Å². The lowest BCUT2D eigenvalue weighted by molar-refractivity contribution is 0.188. The van der Waals surface area contributed by atoms with Gasteiger partial charge in [0.2, 0.25) is 0 Å². The molecule has 0 saturated carbocycles. The van der Waals surface area contributed by atoms with Crippen LogP contribution in [0.3, 0.4) is 0 Å². The SMILES string of the molecule is Cn1nccc1S(=O)(=O)N1C[C@@H](O)C[C@@H]1c1cc(F)ccc1F. The fourth-order valence-corrected chi connectivity index (χ4v) is 4.59. The number of hydrogen-bond donors (Lipinski definition) is 1. The van der Waals surface area contributed by atoms with Crippen LogP contribution >= 0.6 is 0 Å². The molecule has 2 atom stereocenters. The van der Waals surface area contributed by atoms with Gasteiger partial charge in [-0.05, 0) is 30.7 Å². The van der Waals surface area contributed by atoms with E-state index in [4.69, 9.17) is 0 Å². The highest BCUT2D eigenvalue weighted by Crippen LogP contribution is 2.37. The van der Waals surface area contributed by atoms with Crippen molar-refractivity contribution in [1.82, 2.24) is 14.1 Å². The molecule has 23 heavy (non-hydrogen) atoms. The van der Waals surface area contributed by atoms with Crippen molar-refractivity contribution in [3.63, 3.8) is 0 Å². The number of sulfonamides is 1. The highest BCUT2D eigenvalue weighted by Gasteiger charge is 2.42. The first-order chi connectivity index (χ1) is 10.8. The minimum Gasteiger partial charge on any atom is -0.392 e. The van der Waals surface area contributed by atoms with Crippen molar-refractivity contribution in [3.8, 4) is 0 Å². The Morgan fingerprint density at radius 1 is 1.30 bits per heavy atom. The first kappa shape index (κ1) is 16.0. The summed E-state index contributed by atoms with van der Waals surface area (Å²) < 4.78 is 55.2. The molecule has 3 rings (SSSR count). The fourth-order valence-electron chi connectivity index (χ4n) is 2.84. The number of benzene rings is 1. The van der Waals surface area contributed by atoms with E-state index in [0.29, 0.717) is 0 Å². The number of halogens is 2. The summed E-state index contributed by atoms with van der Waals surface area (Å²) in [4.78, 5) is 0. The van der Waals surface area contributed by atoms with Crippen molar-refractivity contribution in [1.29, 1.82) is 0 Å². The second-order valence-electron chi connectivity index (χ2n) is 5.44. The molecule has 9 heteroatoms. The van der Waals surface area contributed by atoms with Crippen LogP contribution in [0.2, 0.25) is 0 Å². The molecule has 1 saturated heterocycles. The van der Waals surface area contributed by atoms with E-state index in [1.165, 1.54) is 24.0 Å². The number of rotatable bonds is 3. The van der Waals surface area contributed by atoms with Crippen LogP contribution in [-0.2, 0) is 17.1 Å². The van der Waals surface area contributed by atoms with E-state index < -0.39 is 33.8 Å². The molecule has 1 aromatic carbocycles. The molecule has 6 nitrogen and oxygen atoms in total. The first-order valence-electron chi connectivity index (χ1n) is 6.93. The summed E-state index contributed by atoms with van der Waals surface area (Å²) in [6.45, 7) is -0.186. The minimum absolute atomic E-state index is 0.00253. The zero-order chi connectivity index (χ0) is 16.8. The van der Waals surface area contributed by atoms with Crippen LogP contribution in [0.4, 0.5) is 8.78 Å². The van der Waals surface area contributed by atoms with Crippen molar-refractivity contribution < 1.29 is 22.3 Å². The average Bonchev–Trinajstić information content (AvgIpc) is 3.08. The Morgan fingerprint density at radius 2 is 2.04 bits per heavy atom. The van der Waals surface area contributed by atoms with Gasteiger partial charge >= 0.3 is 0 Å². The highest BCUT2D eigenvalue weighted by atomic mass is 32.2. The lowest BCUT2D eigenvalue weighted by Crippen LogP contribution is -2.33. The second kappa shape index (κ2) is 5.66. The number of aromatic nitrogens is 2. The van der Waals surface area contributed by atoms with E-state index >= 15 is 0 Å². The number of aliphatic hydroxyl groups is 1. The van der Waals surface area contributed by atoms with Gasteiger partial charge in [0.25, 0.3) is 10.0 Å². The maximum absolute atomic E-state index is 14.0. The monoisotopic (exact) mass is 343 g/mol. The number of β-amino-alcohol motifs (C(OH)–C–C–N with tert-alkyl or cyclic N) is 1. The molecule has 1 aromatic heterocycles. The molecule has 124 valence electrons. The van der Waals surface area contributed by atoms with Crippen molar-refractivity contribution in [2.45, 2.75) is 23.6 Å². The average molecular weight is 343 g/mol. The zero-order valence-electron chi connectivity index (χ0n) is 12.2. The van der Waals surface area contributed by atoms with Crippen LogP contribution in [0, 0.1) is 11.6 Å². The van der Waals surface area contributed by atoms with Crippen LogP contribution in [-0.4, -0.2) is 40.3 Å². The number of nitrogens with zero attached hydrogens (tertiary/aromatic N) is 3. The van der Waals surface area contributed by atoms with Crippen molar-refractivity contribution in [2.24, 2.45) is 7.05 Å². The first-order valence-corrected chi connectivity index (χ1v) is 8.37. The molecule has 0 unspecified atom stereocenters. The van der Waals surface area contributed by atoms with E-state index in [2.05, 4.69) is 5.10 Å². The quantitative estimate of drug-likeness (QED) is 0.909. The minimum atomic E-state index is -4.00. The van der Waals surface area contributed by atoms with Crippen LogP contribution in [0.1, 0.15) is 18.0 Å². The van der Waals surface area contributed by atoms with Gasteiger partial charge in [-0.3, -0.25) is 4.68 Å². The summed E-state index contributed by atoms with van der Waals surface area (Å²) in [5, 5.41) is 13.6. The largest absolute Gasteiger partial charge is 0.392 e. The predicted molar refractivity (Wildman–Crippen MR) is 76.8 cm³/mol. The summed E-state index contributed by atoms with van der Waals surface area (Å²) in [5.74, 6) is -1.38. The lowest BCUT2D eigenvalue weighted by atomic mass is 10.0. The van der Waals surface area contributed by atoms with Gasteiger partial charge in [-0.1, -0.05) is 0 Å². The Hall–Kier alpha value is -1.84. The van der Waals surface area contributed by atoms with Gasteiger partial charge in [0.05, 0.1) is 18.3 Å². The van der Waals surface area contributed by atoms with Crippen molar-refractivity contribution >= 4 is 10.0 Å². The molecule has 2 aromatic rings. The van der Waals surface area contributed by atoms with E-state index in [-0.39, 0.29) is 23.6 Å². The third-order valence-electron chi connectivity index (χ3n) is 3.90.